The molecule has 0 radical (unpaired) electrons. The van der Waals surface area contributed by atoms with E-state index in [1.165, 1.54) is 13.8 Å². The molecule has 0 rings (SSSR count). The standard InChI is InChI=1S/C6H10F3NO.C5H14NO.ClH/c1-3-10(4-2)5(11)6(7,8)9;1-6(2,3)4-5-7;/h3-4H2,1-2H3;7H,4-5H2,1-3H3;1H/q;+1;/p-1. The Balaban J connectivity index is -0.000000280. The molecule has 19 heavy (non-hydrogen) atoms. The van der Waals surface area contributed by atoms with Crippen LogP contribution in [-0.4, -0.2) is 74.0 Å². The Bertz CT molecular complexity index is 239. The highest BCUT2D eigenvalue weighted by Gasteiger charge is 2.41. The summed E-state index contributed by atoms with van der Waals surface area (Å²) in [5.41, 5.74) is 0. The smallest absolute Gasteiger partial charge is 0.471 e. The second-order valence-corrected chi connectivity index (χ2v) is 4.71. The molecule has 0 aliphatic heterocycles. The zero-order valence-corrected chi connectivity index (χ0v) is 12.8. The predicted molar refractivity (Wildman–Crippen MR) is 64.0 cm³/mol. The van der Waals surface area contributed by atoms with E-state index in [1.54, 1.807) is 0 Å². The number of aliphatic hydroxyl groups excluding tert-OH is 1. The van der Waals surface area contributed by atoms with Gasteiger partial charge in [-0.1, -0.05) is 0 Å². The van der Waals surface area contributed by atoms with Crippen LogP contribution >= 0.6 is 0 Å². The highest BCUT2D eigenvalue weighted by atomic mass is 35.5. The van der Waals surface area contributed by atoms with Gasteiger partial charge in [-0.05, 0) is 13.8 Å². The van der Waals surface area contributed by atoms with Gasteiger partial charge in [-0.25, -0.2) is 0 Å². The van der Waals surface area contributed by atoms with Gasteiger partial charge in [0.15, 0.2) is 0 Å². The number of halogens is 4. The van der Waals surface area contributed by atoms with E-state index in [1.807, 2.05) is 0 Å². The highest BCUT2D eigenvalue weighted by molar-refractivity contribution is 5.81. The molecule has 0 saturated carbocycles. The van der Waals surface area contributed by atoms with Crippen molar-refractivity contribution in [3.8, 4) is 0 Å². The first-order valence-electron chi connectivity index (χ1n) is 5.77. The van der Waals surface area contributed by atoms with Gasteiger partial charge in [-0.2, -0.15) is 13.2 Å². The second-order valence-electron chi connectivity index (χ2n) is 4.71. The molecule has 118 valence electrons. The lowest BCUT2D eigenvalue weighted by molar-refractivity contribution is -0.870. The minimum Gasteiger partial charge on any atom is -1.00 e. The Morgan fingerprint density at radius 1 is 1.16 bits per heavy atom. The number of likely N-dealkylation sites (N-methyl/N-ethyl adjacent to an activating group) is 1. The quantitative estimate of drug-likeness (QED) is 0.617. The fourth-order valence-electron chi connectivity index (χ4n) is 0.990. The van der Waals surface area contributed by atoms with E-state index in [9.17, 15) is 18.0 Å². The molecule has 1 amide bonds. The van der Waals surface area contributed by atoms with Crippen molar-refractivity contribution in [2.75, 3.05) is 47.4 Å². The SMILES string of the molecule is CCN(CC)C(=O)C(F)(F)F.C[N+](C)(C)CCO.[Cl-]. The van der Waals surface area contributed by atoms with Gasteiger partial charge >= 0.3 is 12.1 Å². The summed E-state index contributed by atoms with van der Waals surface area (Å²) < 4.78 is 35.9. The first-order valence-corrected chi connectivity index (χ1v) is 5.77. The van der Waals surface area contributed by atoms with Crippen molar-refractivity contribution in [1.29, 1.82) is 0 Å². The summed E-state index contributed by atoms with van der Waals surface area (Å²) in [6, 6.07) is 0. The third-order valence-electron chi connectivity index (χ3n) is 2.06. The monoisotopic (exact) mass is 308 g/mol. The molecule has 0 atom stereocenters. The number of hydrogen-bond donors (Lipinski definition) is 1. The Hall–Kier alpha value is -0.530. The van der Waals surface area contributed by atoms with E-state index in [0.29, 0.717) is 0 Å². The summed E-state index contributed by atoms with van der Waals surface area (Å²) >= 11 is 0. The average molecular weight is 309 g/mol. The highest BCUT2D eigenvalue weighted by Crippen LogP contribution is 2.17. The zero-order chi connectivity index (χ0) is 15.0. The van der Waals surface area contributed by atoms with Crippen LogP contribution in [0.4, 0.5) is 13.2 Å². The largest absolute Gasteiger partial charge is 1.00 e. The molecule has 0 fully saturated rings. The summed E-state index contributed by atoms with van der Waals surface area (Å²) in [5, 5.41) is 8.39. The minimum atomic E-state index is -4.73. The van der Waals surface area contributed by atoms with Crippen LogP contribution in [0.1, 0.15) is 13.8 Å². The fraction of sp³-hybridized carbons (Fsp3) is 0.909. The van der Waals surface area contributed by atoms with Crippen LogP contribution in [-0.2, 0) is 4.79 Å². The van der Waals surface area contributed by atoms with Crippen molar-refractivity contribution < 1.29 is 40.0 Å². The molecule has 0 aromatic rings. The molecular formula is C11H24ClF3N2O2. The molecule has 0 heterocycles. The summed E-state index contributed by atoms with van der Waals surface area (Å²) in [6.45, 7) is 4.31. The molecule has 4 nitrogen and oxygen atoms in total. The van der Waals surface area contributed by atoms with E-state index in [0.717, 1.165) is 15.9 Å². The lowest BCUT2D eigenvalue weighted by Crippen LogP contribution is -3.00. The number of rotatable bonds is 4. The van der Waals surface area contributed by atoms with Gasteiger partial charge in [-0.15, -0.1) is 0 Å². The first-order chi connectivity index (χ1) is 7.99. The summed E-state index contributed by atoms with van der Waals surface area (Å²) in [7, 11) is 6.16. The maximum absolute atomic E-state index is 11.7. The van der Waals surface area contributed by atoms with Crippen molar-refractivity contribution >= 4 is 5.91 Å². The van der Waals surface area contributed by atoms with E-state index >= 15 is 0 Å². The van der Waals surface area contributed by atoms with Crippen molar-refractivity contribution in [3.63, 3.8) is 0 Å². The number of carbonyl (C=O) groups is 1. The van der Waals surface area contributed by atoms with Crippen LogP contribution in [0.3, 0.4) is 0 Å². The van der Waals surface area contributed by atoms with Gasteiger partial charge < -0.3 is 26.9 Å². The van der Waals surface area contributed by atoms with Crippen molar-refractivity contribution in [2.45, 2.75) is 20.0 Å². The van der Waals surface area contributed by atoms with E-state index < -0.39 is 12.1 Å². The lowest BCUT2D eigenvalue weighted by Gasteiger charge is -2.21. The third kappa shape index (κ3) is 13.7. The molecule has 0 aliphatic rings. The zero-order valence-electron chi connectivity index (χ0n) is 12.1. The molecule has 0 aliphatic carbocycles. The Kier molecular flexibility index (Phi) is 12.7. The normalized spacial score (nSPS) is 11.0. The van der Waals surface area contributed by atoms with Gasteiger partial charge in [0.05, 0.1) is 27.7 Å². The van der Waals surface area contributed by atoms with Gasteiger partial charge in [-0.3, -0.25) is 4.79 Å². The topological polar surface area (TPSA) is 40.5 Å². The lowest BCUT2D eigenvalue weighted by atomic mass is 10.4. The number of hydrogen-bond acceptors (Lipinski definition) is 2. The minimum absolute atomic E-state index is 0. The number of alkyl halides is 3. The number of nitrogens with zero attached hydrogens (tertiary/aromatic N) is 2. The van der Waals surface area contributed by atoms with Crippen molar-refractivity contribution in [1.82, 2.24) is 4.90 Å². The van der Waals surface area contributed by atoms with Crippen molar-refractivity contribution in [2.24, 2.45) is 0 Å². The number of aliphatic hydroxyl groups is 1. The van der Waals surface area contributed by atoms with E-state index in [-0.39, 0.29) is 32.1 Å². The maximum Gasteiger partial charge on any atom is 0.471 e. The number of carbonyl (C=O) groups excluding carboxylic acids is 1. The molecule has 0 unspecified atom stereocenters. The van der Waals surface area contributed by atoms with Crippen LogP contribution in [0.2, 0.25) is 0 Å². The second kappa shape index (κ2) is 10.3. The van der Waals surface area contributed by atoms with Crippen LogP contribution in [0.5, 0.6) is 0 Å². The number of amides is 1. The van der Waals surface area contributed by atoms with Gasteiger partial charge in [0.1, 0.15) is 6.54 Å². The summed E-state index contributed by atoms with van der Waals surface area (Å²) in [5.74, 6) is -1.76. The Morgan fingerprint density at radius 2 is 1.53 bits per heavy atom. The van der Waals surface area contributed by atoms with Gasteiger partial charge in [0.25, 0.3) is 0 Å². The number of quaternary nitrogens is 1. The average Bonchev–Trinajstić information content (AvgIpc) is 2.17. The Morgan fingerprint density at radius 3 is 1.58 bits per heavy atom. The summed E-state index contributed by atoms with van der Waals surface area (Å²) in [6.07, 6.45) is -4.73. The Labute approximate surface area is 119 Å². The molecule has 0 aromatic heterocycles. The molecule has 1 N–H and O–H groups in total. The van der Waals surface area contributed by atoms with Crippen LogP contribution in [0.25, 0.3) is 0 Å². The molecule has 8 heteroatoms. The van der Waals surface area contributed by atoms with Crippen LogP contribution in [0.15, 0.2) is 0 Å². The van der Waals surface area contributed by atoms with Crippen LogP contribution < -0.4 is 12.4 Å². The molecule has 0 saturated heterocycles. The fourth-order valence-corrected chi connectivity index (χ4v) is 0.990. The maximum atomic E-state index is 11.7. The molecule has 0 spiro atoms. The van der Waals surface area contributed by atoms with Gasteiger partial charge in [0, 0.05) is 13.1 Å². The molecule has 0 bridgehead atoms. The van der Waals surface area contributed by atoms with E-state index in [4.69, 9.17) is 5.11 Å². The summed E-state index contributed by atoms with van der Waals surface area (Å²) in [4.78, 5) is 11.2. The van der Waals surface area contributed by atoms with Gasteiger partial charge in [0.2, 0.25) is 0 Å². The molecular weight excluding hydrogens is 285 g/mol. The van der Waals surface area contributed by atoms with E-state index in [2.05, 4.69) is 21.1 Å². The first kappa shape index (κ1) is 23.6. The van der Waals surface area contributed by atoms with Crippen LogP contribution in [0, 0.1) is 0 Å². The molecule has 0 aromatic carbocycles. The predicted octanol–water partition coefficient (Wildman–Crippen LogP) is -1.89. The van der Waals surface area contributed by atoms with Crippen molar-refractivity contribution in [3.05, 3.63) is 0 Å². The third-order valence-corrected chi connectivity index (χ3v) is 2.06.